The summed E-state index contributed by atoms with van der Waals surface area (Å²) in [5, 5.41) is 0. The number of carbonyl (C=O) groups is 1. The van der Waals surface area contributed by atoms with Crippen molar-refractivity contribution in [2.45, 2.75) is 32.4 Å². The fourth-order valence-electron chi connectivity index (χ4n) is 2.73. The van der Waals surface area contributed by atoms with E-state index in [1.807, 2.05) is 17.0 Å². The third-order valence-corrected chi connectivity index (χ3v) is 3.76. The second-order valence-corrected chi connectivity index (χ2v) is 5.37. The van der Waals surface area contributed by atoms with E-state index < -0.39 is 0 Å². The van der Waals surface area contributed by atoms with Gasteiger partial charge in [0.05, 0.1) is 12.3 Å². The highest BCUT2D eigenvalue weighted by atomic mass is 16.5. The summed E-state index contributed by atoms with van der Waals surface area (Å²) < 4.78 is 5.05. The summed E-state index contributed by atoms with van der Waals surface area (Å²) >= 11 is 0. The molecule has 2 heterocycles. The summed E-state index contributed by atoms with van der Waals surface area (Å²) in [4.78, 5) is 18.6. The van der Waals surface area contributed by atoms with Gasteiger partial charge in [0.15, 0.2) is 0 Å². The normalized spacial score (nSPS) is 22.2. The first-order chi connectivity index (χ1) is 9.65. The van der Waals surface area contributed by atoms with E-state index in [9.17, 15) is 4.79 Å². The summed E-state index contributed by atoms with van der Waals surface area (Å²) in [5.74, 6) is 0.378. The molecule has 110 valence electrons. The Morgan fingerprint density at radius 3 is 3.00 bits per heavy atom. The minimum atomic E-state index is -0.0305. The lowest BCUT2D eigenvalue weighted by Gasteiger charge is -2.16. The van der Waals surface area contributed by atoms with Gasteiger partial charge in [-0.3, -0.25) is 4.79 Å². The van der Waals surface area contributed by atoms with Crippen molar-refractivity contribution in [3.8, 4) is 0 Å². The number of pyridine rings is 1. The van der Waals surface area contributed by atoms with E-state index in [2.05, 4.69) is 11.9 Å². The fraction of sp³-hybridized carbons (Fsp3) is 0.600. The van der Waals surface area contributed by atoms with Crippen LogP contribution in [0.25, 0.3) is 0 Å². The van der Waals surface area contributed by atoms with Crippen LogP contribution in [0.3, 0.4) is 0 Å². The van der Waals surface area contributed by atoms with Gasteiger partial charge in [-0.2, -0.15) is 0 Å². The monoisotopic (exact) mass is 277 g/mol. The molecule has 1 saturated heterocycles. The molecule has 1 aliphatic heterocycles. The Balaban J connectivity index is 2.06. The highest BCUT2D eigenvalue weighted by molar-refractivity contribution is 5.92. The molecule has 5 nitrogen and oxygen atoms in total. The van der Waals surface area contributed by atoms with Crippen molar-refractivity contribution in [1.82, 2.24) is 9.88 Å². The Labute approximate surface area is 120 Å². The summed E-state index contributed by atoms with van der Waals surface area (Å²) in [5.41, 5.74) is 7.36. The largest absolute Gasteiger partial charge is 0.378 e. The molecule has 1 fully saturated rings. The summed E-state index contributed by atoms with van der Waals surface area (Å²) in [6.45, 7) is 3.93. The molecule has 0 saturated carbocycles. The molecular weight excluding hydrogens is 254 g/mol. The molecule has 2 rings (SSSR count). The molecule has 2 N–H and O–H groups in total. The van der Waals surface area contributed by atoms with Gasteiger partial charge in [0, 0.05) is 26.2 Å². The molecule has 2 atom stereocenters. The summed E-state index contributed by atoms with van der Waals surface area (Å²) in [7, 11) is 1.62. The standard InChI is InChI=1S/C15H23N3O2/c1-3-5-11-8-18(9-13(11)16)15(19)14-7-4-6-12(17-14)10-20-2/h4,6-7,11,13H,3,5,8-10,16H2,1-2H3/t11-,13-/m0/s1. The minimum Gasteiger partial charge on any atom is -0.378 e. The quantitative estimate of drug-likeness (QED) is 0.884. The van der Waals surface area contributed by atoms with Crippen molar-refractivity contribution in [2.24, 2.45) is 11.7 Å². The first kappa shape index (κ1) is 14.9. The molecule has 0 spiro atoms. The zero-order valence-corrected chi connectivity index (χ0v) is 12.2. The number of carbonyl (C=O) groups excluding carboxylic acids is 1. The van der Waals surface area contributed by atoms with Crippen LogP contribution in [0.2, 0.25) is 0 Å². The number of ether oxygens (including phenoxy) is 1. The van der Waals surface area contributed by atoms with Crippen LogP contribution in [0.4, 0.5) is 0 Å². The van der Waals surface area contributed by atoms with Gasteiger partial charge in [0.2, 0.25) is 0 Å². The van der Waals surface area contributed by atoms with Crippen LogP contribution in [-0.4, -0.2) is 42.0 Å². The van der Waals surface area contributed by atoms with Crippen molar-refractivity contribution >= 4 is 5.91 Å². The molecule has 0 aromatic carbocycles. The van der Waals surface area contributed by atoms with Crippen molar-refractivity contribution in [2.75, 3.05) is 20.2 Å². The zero-order chi connectivity index (χ0) is 14.5. The number of hydrogen-bond donors (Lipinski definition) is 1. The number of nitrogens with two attached hydrogens (primary N) is 1. The van der Waals surface area contributed by atoms with Gasteiger partial charge in [0.25, 0.3) is 5.91 Å². The third kappa shape index (κ3) is 3.35. The Kier molecular flexibility index (Phi) is 5.09. The molecule has 1 aromatic rings. The minimum absolute atomic E-state index is 0.0305. The first-order valence-electron chi connectivity index (χ1n) is 7.15. The van der Waals surface area contributed by atoms with Crippen LogP contribution in [-0.2, 0) is 11.3 Å². The van der Waals surface area contributed by atoms with Gasteiger partial charge in [0.1, 0.15) is 5.69 Å². The molecule has 0 radical (unpaired) electrons. The third-order valence-electron chi connectivity index (χ3n) is 3.76. The Morgan fingerprint density at radius 1 is 1.50 bits per heavy atom. The van der Waals surface area contributed by atoms with Crippen LogP contribution >= 0.6 is 0 Å². The summed E-state index contributed by atoms with van der Waals surface area (Å²) in [6, 6.07) is 5.53. The van der Waals surface area contributed by atoms with Gasteiger partial charge in [-0.25, -0.2) is 4.98 Å². The number of rotatable bonds is 5. The number of aromatic nitrogens is 1. The average molecular weight is 277 g/mol. The van der Waals surface area contributed by atoms with E-state index in [4.69, 9.17) is 10.5 Å². The zero-order valence-electron chi connectivity index (χ0n) is 12.2. The molecule has 20 heavy (non-hydrogen) atoms. The number of hydrogen-bond acceptors (Lipinski definition) is 4. The molecule has 1 aliphatic rings. The predicted molar refractivity (Wildman–Crippen MR) is 77.2 cm³/mol. The lowest BCUT2D eigenvalue weighted by Crippen LogP contribution is -2.32. The summed E-state index contributed by atoms with van der Waals surface area (Å²) in [6.07, 6.45) is 2.17. The Morgan fingerprint density at radius 2 is 2.30 bits per heavy atom. The van der Waals surface area contributed by atoms with Gasteiger partial charge in [-0.15, -0.1) is 0 Å². The SMILES string of the molecule is CCC[C@H]1CN(C(=O)c2cccc(COC)n2)C[C@@H]1N. The van der Waals surface area contributed by atoms with Crippen molar-refractivity contribution in [1.29, 1.82) is 0 Å². The molecule has 0 bridgehead atoms. The lowest BCUT2D eigenvalue weighted by atomic mass is 9.99. The lowest BCUT2D eigenvalue weighted by molar-refractivity contribution is 0.0778. The van der Waals surface area contributed by atoms with Crippen molar-refractivity contribution in [3.63, 3.8) is 0 Å². The average Bonchev–Trinajstić information content (AvgIpc) is 2.81. The van der Waals surface area contributed by atoms with Crippen LogP contribution in [0.15, 0.2) is 18.2 Å². The van der Waals surface area contributed by atoms with Crippen LogP contribution in [0.5, 0.6) is 0 Å². The number of likely N-dealkylation sites (tertiary alicyclic amines) is 1. The maximum atomic E-state index is 12.5. The van der Waals surface area contributed by atoms with E-state index in [1.54, 1.807) is 13.2 Å². The predicted octanol–water partition coefficient (Wildman–Crippen LogP) is 1.43. The van der Waals surface area contributed by atoms with Gasteiger partial charge < -0.3 is 15.4 Å². The molecule has 1 aromatic heterocycles. The second kappa shape index (κ2) is 6.81. The van der Waals surface area contributed by atoms with Crippen LogP contribution < -0.4 is 5.73 Å². The molecule has 1 amide bonds. The van der Waals surface area contributed by atoms with Crippen LogP contribution in [0.1, 0.15) is 35.9 Å². The Bertz CT molecular complexity index is 464. The van der Waals surface area contributed by atoms with Crippen molar-refractivity contribution < 1.29 is 9.53 Å². The molecule has 0 unspecified atom stereocenters. The van der Waals surface area contributed by atoms with Crippen LogP contribution in [0, 0.1) is 5.92 Å². The smallest absolute Gasteiger partial charge is 0.272 e. The van der Waals surface area contributed by atoms with E-state index in [1.165, 1.54) is 0 Å². The highest BCUT2D eigenvalue weighted by Gasteiger charge is 2.33. The van der Waals surface area contributed by atoms with E-state index in [0.717, 1.165) is 25.1 Å². The highest BCUT2D eigenvalue weighted by Crippen LogP contribution is 2.21. The first-order valence-corrected chi connectivity index (χ1v) is 7.15. The molecular formula is C15H23N3O2. The van der Waals surface area contributed by atoms with E-state index in [-0.39, 0.29) is 11.9 Å². The second-order valence-electron chi connectivity index (χ2n) is 5.37. The van der Waals surface area contributed by atoms with Gasteiger partial charge in [-0.1, -0.05) is 19.4 Å². The topological polar surface area (TPSA) is 68.5 Å². The Hall–Kier alpha value is -1.46. The number of methoxy groups -OCH3 is 1. The van der Waals surface area contributed by atoms with E-state index in [0.29, 0.717) is 24.8 Å². The maximum absolute atomic E-state index is 12.5. The molecule has 5 heteroatoms. The van der Waals surface area contributed by atoms with E-state index >= 15 is 0 Å². The van der Waals surface area contributed by atoms with Gasteiger partial charge in [-0.05, 0) is 24.5 Å². The van der Waals surface area contributed by atoms with Gasteiger partial charge >= 0.3 is 0 Å². The number of amides is 1. The maximum Gasteiger partial charge on any atom is 0.272 e. The number of nitrogens with zero attached hydrogens (tertiary/aromatic N) is 2. The molecule has 0 aliphatic carbocycles. The fourth-order valence-corrected chi connectivity index (χ4v) is 2.73. The van der Waals surface area contributed by atoms with Crippen molar-refractivity contribution in [3.05, 3.63) is 29.6 Å².